The average molecular weight is 388 g/mol. The summed E-state index contributed by atoms with van der Waals surface area (Å²) in [6.07, 6.45) is 0.347. The van der Waals surface area contributed by atoms with Crippen LogP contribution in [0.2, 0.25) is 0 Å². The van der Waals surface area contributed by atoms with E-state index < -0.39 is 5.60 Å². The van der Waals surface area contributed by atoms with Gasteiger partial charge in [0.1, 0.15) is 5.82 Å². The molecule has 1 N–H and O–H groups in total. The highest BCUT2D eigenvalue weighted by Gasteiger charge is 2.24. The molecule has 19 heavy (non-hydrogen) atoms. The van der Waals surface area contributed by atoms with Crippen molar-refractivity contribution in [2.24, 2.45) is 0 Å². The maximum atomic E-state index is 13.4. The zero-order valence-corrected chi connectivity index (χ0v) is 13.5. The average Bonchev–Trinajstić information content (AvgIpc) is 2.26. The van der Waals surface area contributed by atoms with Crippen LogP contribution in [0, 0.1) is 5.82 Å². The maximum absolute atomic E-state index is 13.4. The fourth-order valence-electron chi connectivity index (χ4n) is 2.04. The Bertz CT molecular complexity index is 576. The van der Waals surface area contributed by atoms with Crippen LogP contribution in [0.1, 0.15) is 18.1 Å². The van der Waals surface area contributed by atoms with Crippen molar-refractivity contribution in [2.75, 3.05) is 0 Å². The Balaban J connectivity index is 2.30. The van der Waals surface area contributed by atoms with Crippen LogP contribution in [0.15, 0.2) is 51.4 Å². The molecule has 0 saturated carbocycles. The molecule has 2 aromatic carbocycles. The lowest BCUT2D eigenvalue weighted by Gasteiger charge is -2.24. The molecule has 0 heterocycles. The fraction of sp³-hybridized carbons (Fsp3) is 0.200. The molecule has 1 atom stereocenters. The predicted molar refractivity (Wildman–Crippen MR) is 81.5 cm³/mol. The molecule has 2 rings (SSSR count). The Morgan fingerprint density at radius 1 is 1.11 bits per heavy atom. The van der Waals surface area contributed by atoms with E-state index in [4.69, 9.17) is 0 Å². The van der Waals surface area contributed by atoms with Gasteiger partial charge in [-0.1, -0.05) is 44.0 Å². The second-order valence-electron chi connectivity index (χ2n) is 4.74. The van der Waals surface area contributed by atoms with Gasteiger partial charge in [0, 0.05) is 15.4 Å². The lowest BCUT2D eigenvalue weighted by molar-refractivity contribution is 0.0575. The molecule has 0 fully saturated rings. The van der Waals surface area contributed by atoms with E-state index in [9.17, 15) is 9.50 Å². The highest BCUT2D eigenvalue weighted by molar-refractivity contribution is 9.10. The summed E-state index contributed by atoms with van der Waals surface area (Å²) in [5.74, 6) is -0.311. The summed E-state index contributed by atoms with van der Waals surface area (Å²) in [6, 6.07) is 12.2. The van der Waals surface area contributed by atoms with Gasteiger partial charge in [-0.15, -0.1) is 0 Å². The lowest BCUT2D eigenvalue weighted by Crippen LogP contribution is -2.24. The Morgan fingerprint density at radius 2 is 1.84 bits per heavy atom. The second kappa shape index (κ2) is 5.73. The van der Waals surface area contributed by atoms with Crippen LogP contribution in [-0.2, 0) is 12.0 Å². The smallest absolute Gasteiger partial charge is 0.124 e. The first-order valence-electron chi connectivity index (χ1n) is 5.80. The number of hydrogen-bond donors (Lipinski definition) is 1. The summed E-state index contributed by atoms with van der Waals surface area (Å²) in [5.41, 5.74) is 0.496. The number of aliphatic hydroxyl groups is 1. The van der Waals surface area contributed by atoms with Crippen LogP contribution in [0.5, 0.6) is 0 Å². The van der Waals surface area contributed by atoms with Crippen molar-refractivity contribution < 1.29 is 9.50 Å². The summed E-state index contributed by atoms with van der Waals surface area (Å²) in [4.78, 5) is 0. The first-order chi connectivity index (χ1) is 8.87. The van der Waals surface area contributed by atoms with E-state index >= 15 is 0 Å². The first kappa shape index (κ1) is 14.7. The zero-order chi connectivity index (χ0) is 14.0. The van der Waals surface area contributed by atoms with Crippen LogP contribution in [0.3, 0.4) is 0 Å². The Kier molecular flexibility index (Phi) is 4.43. The third-order valence-corrected chi connectivity index (χ3v) is 3.87. The minimum absolute atomic E-state index is 0.311. The van der Waals surface area contributed by atoms with Crippen molar-refractivity contribution >= 4 is 31.9 Å². The number of benzene rings is 2. The largest absolute Gasteiger partial charge is 0.385 e. The van der Waals surface area contributed by atoms with Crippen molar-refractivity contribution in [3.8, 4) is 0 Å². The normalized spacial score (nSPS) is 14.2. The van der Waals surface area contributed by atoms with Gasteiger partial charge < -0.3 is 5.11 Å². The highest BCUT2D eigenvalue weighted by atomic mass is 79.9. The molecular formula is C15H13Br2FO. The van der Waals surface area contributed by atoms with Crippen LogP contribution in [-0.4, -0.2) is 5.11 Å². The fourth-order valence-corrected chi connectivity index (χ4v) is 2.95. The van der Waals surface area contributed by atoms with Crippen LogP contribution in [0.4, 0.5) is 4.39 Å². The molecular weight excluding hydrogens is 375 g/mol. The topological polar surface area (TPSA) is 20.2 Å². The van der Waals surface area contributed by atoms with Gasteiger partial charge in [-0.2, -0.15) is 0 Å². The van der Waals surface area contributed by atoms with E-state index in [2.05, 4.69) is 31.9 Å². The molecule has 0 saturated heterocycles. The van der Waals surface area contributed by atoms with Crippen molar-refractivity contribution in [1.82, 2.24) is 0 Å². The van der Waals surface area contributed by atoms with Gasteiger partial charge in [0.05, 0.1) is 5.60 Å². The van der Waals surface area contributed by atoms with Crippen molar-refractivity contribution in [3.05, 3.63) is 68.4 Å². The Morgan fingerprint density at radius 3 is 2.47 bits per heavy atom. The monoisotopic (exact) mass is 386 g/mol. The molecule has 0 radical (unpaired) electrons. The zero-order valence-electron chi connectivity index (χ0n) is 10.3. The molecule has 0 bridgehead atoms. The summed E-state index contributed by atoms with van der Waals surface area (Å²) >= 11 is 6.64. The number of hydrogen-bond acceptors (Lipinski definition) is 1. The van der Waals surface area contributed by atoms with Gasteiger partial charge in [0.25, 0.3) is 0 Å². The molecule has 0 aliphatic carbocycles. The van der Waals surface area contributed by atoms with Gasteiger partial charge in [0.2, 0.25) is 0 Å². The van der Waals surface area contributed by atoms with Crippen LogP contribution >= 0.6 is 31.9 Å². The van der Waals surface area contributed by atoms with E-state index in [1.165, 1.54) is 12.1 Å². The summed E-state index contributed by atoms with van der Waals surface area (Å²) in [5, 5.41) is 10.6. The second-order valence-corrected chi connectivity index (χ2v) is 6.57. The standard InChI is InChI=1S/C15H13Br2FO/c1-15(19,11-3-2-4-12(16)7-11)9-10-5-13(17)8-14(18)6-10/h2-8,19H,9H2,1H3. The Labute approximate surface area is 128 Å². The number of rotatable bonds is 3. The third-order valence-electron chi connectivity index (χ3n) is 2.92. The number of halogens is 3. The van der Waals surface area contributed by atoms with Crippen molar-refractivity contribution in [3.63, 3.8) is 0 Å². The summed E-state index contributed by atoms with van der Waals surface area (Å²) in [7, 11) is 0. The van der Waals surface area contributed by atoms with Crippen LogP contribution < -0.4 is 0 Å². The third kappa shape index (κ3) is 3.88. The predicted octanol–water partition coefficient (Wildman–Crippen LogP) is 4.80. The highest BCUT2D eigenvalue weighted by Crippen LogP contribution is 2.28. The maximum Gasteiger partial charge on any atom is 0.124 e. The minimum atomic E-state index is -1.04. The first-order valence-corrected chi connectivity index (χ1v) is 7.39. The van der Waals surface area contributed by atoms with Gasteiger partial charge in [-0.3, -0.25) is 0 Å². The lowest BCUT2D eigenvalue weighted by atomic mass is 9.89. The van der Waals surface area contributed by atoms with Crippen molar-refractivity contribution in [1.29, 1.82) is 0 Å². The quantitative estimate of drug-likeness (QED) is 0.801. The molecule has 0 amide bonds. The van der Waals surface area contributed by atoms with Gasteiger partial charge in [0.15, 0.2) is 0 Å². The molecule has 1 unspecified atom stereocenters. The van der Waals surface area contributed by atoms with Crippen molar-refractivity contribution in [2.45, 2.75) is 18.9 Å². The van der Waals surface area contributed by atoms with Crippen LogP contribution in [0.25, 0.3) is 0 Å². The van der Waals surface area contributed by atoms with E-state index in [0.717, 1.165) is 15.6 Å². The summed E-state index contributed by atoms with van der Waals surface area (Å²) in [6.45, 7) is 1.73. The molecule has 0 aromatic heterocycles. The summed E-state index contributed by atoms with van der Waals surface area (Å²) < 4.78 is 14.9. The Hall–Kier alpha value is -0.710. The molecule has 0 spiro atoms. The van der Waals surface area contributed by atoms with Gasteiger partial charge >= 0.3 is 0 Å². The molecule has 0 aliphatic heterocycles. The molecule has 100 valence electrons. The molecule has 0 aliphatic rings. The molecule has 1 nitrogen and oxygen atoms in total. The van der Waals surface area contributed by atoms with E-state index in [-0.39, 0.29) is 5.82 Å². The van der Waals surface area contributed by atoms with E-state index in [0.29, 0.717) is 10.9 Å². The van der Waals surface area contributed by atoms with Gasteiger partial charge in [-0.25, -0.2) is 4.39 Å². The molecule has 4 heteroatoms. The van der Waals surface area contributed by atoms with Gasteiger partial charge in [-0.05, 0) is 48.4 Å². The molecule has 2 aromatic rings. The minimum Gasteiger partial charge on any atom is -0.385 e. The SMILES string of the molecule is CC(O)(Cc1cc(F)cc(Br)c1)c1cccc(Br)c1. The van der Waals surface area contributed by atoms with E-state index in [1.54, 1.807) is 6.92 Å². The van der Waals surface area contributed by atoms with E-state index in [1.807, 2.05) is 30.3 Å².